The fraction of sp³-hybridized carbons (Fsp3) is 0.235. The molecule has 0 saturated carbocycles. The average Bonchev–Trinajstić information content (AvgIpc) is 2.91. The summed E-state index contributed by atoms with van der Waals surface area (Å²) in [7, 11) is 0. The molecule has 0 bridgehead atoms. The van der Waals surface area contributed by atoms with E-state index in [0.717, 1.165) is 22.6 Å². The maximum Gasteiger partial charge on any atom is 0.228 e. The lowest BCUT2D eigenvalue weighted by molar-refractivity contribution is -0.122. The van der Waals surface area contributed by atoms with Gasteiger partial charge in [-0.2, -0.15) is 0 Å². The van der Waals surface area contributed by atoms with Crippen molar-refractivity contribution in [3.8, 4) is 0 Å². The third-order valence-electron chi connectivity index (χ3n) is 3.79. The van der Waals surface area contributed by atoms with Crippen molar-refractivity contribution in [3.63, 3.8) is 0 Å². The molecule has 108 valence electrons. The van der Waals surface area contributed by atoms with E-state index in [1.807, 2.05) is 49.4 Å². The van der Waals surface area contributed by atoms with Crippen molar-refractivity contribution >= 4 is 23.4 Å². The quantitative estimate of drug-likeness (QED) is 0.855. The highest BCUT2D eigenvalue weighted by atomic mass is 32.2. The lowest BCUT2D eigenvalue weighted by Crippen LogP contribution is -2.31. The normalized spacial score (nSPS) is 18.0. The summed E-state index contributed by atoms with van der Waals surface area (Å²) in [6.07, 6.45) is 0. The van der Waals surface area contributed by atoms with Crippen molar-refractivity contribution in [2.75, 3.05) is 11.5 Å². The van der Waals surface area contributed by atoms with Crippen LogP contribution < -0.4 is 11.1 Å². The third kappa shape index (κ3) is 2.90. The first kappa shape index (κ1) is 14.0. The number of nitrogen functional groups attached to an aromatic ring is 1. The molecule has 3 N–H and O–H groups in total. The van der Waals surface area contributed by atoms with Gasteiger partial charge in [-0.25, -0.2) is 0 Å². The molecular formula is C17H18N2OS. The Balaban J connectivity index is 1.73. The number of fused-ring (bicyclic) bond motifs is 1. The molecule has 4 heteroatoms. The highest BCUT2D eigenvalue weighted by Gasteiger charge is 2.29. The van der Waals surface area contributed by atoms with Crippen LogP contribution in [0.3, 0.4) is 0 Å². The Labute approximate surface area is 128 Å². The van der Waals surface area contributed by atoms with Crippen molar-refractivity contribution in [1.82, 2.24) is 5.32 Å². The summed E-state index contributed by atoms with van der Waals surface area (Å²) in [5.74, 6) is 0.839. The molecule has 0 aliphatic carbocycles. The summed E-state index contributed by atoms with van der Waals surface area (Å²) in [5, 5.41) is 3.10. The van der Waals surface area contributed by atoms with Crippen LogP contribution in [0.25, 0.3) is 0 Å². The maximum atomic E-state index is 12.5. The summed E-state index contributed by atoms with van der Waals surface area (Å²) < 4.78 is 0. The van der Waals surface area contributed by atoms with E-state index >= 15 is 0 Å². The van der Waals surface area contributed by atoms with Gasteiger partial charge in [0.15, 0.2) is 0 Å². The highest BCUT2D eigenvalue weighted by Crippen LogP contribution is 2.39. The molecular weight excluding hydrogens is 280 g/mol. The Bertz CT molecular complexity index is 671. The first-order valence-electron chi connectivity index (χ1n) is 7.02. The molecule has 3 rings (SSSR count). The highest BCUT2D eigenvalue weighted by molar-refractivity contribution is 7.99. The lowest BCUT2D eigenvalue weighted by atomic mass is 9.99. The minimum absolute atomic E-state index is 0.0428. The van der Waals surface area contributed by atoms with Crippen LogP contribution in [0.1, 0.15) is 30.0 Å². The Morgan fingerprint density at radius 2 is 2.10 bits per heavy atom. The van der Waals surface area contributed by atoms with Gasteiger partial charge in [0.25, 0.3) is 0 Å². The minimum atomic E-state index is -0.0605. The van der Waals surface area contributed by atoms with Crippen molar-refractivity contribution < 1.29 is 4.79 Å². The van der Waals surface area contributed by atoms with Gasteiger partial charge in [0, 0.05) is 16.3 Å². The Kier molecular flexibility index (Phi) is 3.88. The fourth-order valence-electron chi connectivity index (χ4n) is 2.61. The molecule has 2 unspecified atom stereocenters. The van der Waals surface area contributed by atoms with E-state index in [-0.39, 0.29) is 17.9 Å². The van der Waals surface area contributed by atoms with Gasteiger partial charge in [-0.3, -0.25) is 4.79 Å². The molecule has 1 aliphatic heterocycles. The summed E-state index contributed by atoms with van der Waals surface area (Å²) in [6, 6.07) is 15.7. The van der Waals surface area contributed by atoms with Crippen LogP contribution in [0, 0.1) is 0 Å². The van der Waals surface area contributed by atoms with Crippen LogP contribution in [-0.4, -0.2) is 11.7 Å². The van der Waals surface area contributed by atoms with E-state index in [1.165, 1.54) is 4.90 Å². The van der Waals surface area contributed by atoms with Gasteiger partial charge in [-0.1, -0.05) is 30.3 Å². The number of nitrogens with one attached hydrogen (secondary N) is 1. The predicted octanol–water partition coefficient (Wildman–Crippen LogP) is 3.34. The Morgan fingerprint density at radius 1 is 1.29 bits per heavy atom. The van der Waals surface area contributed by atoms with Gasteiger partial charge >= 0.3 is 0 Å². The molecule has 21 heavy (non-hydrogen) atoms. The summed E-state index contributed by atoms with van der Waals surface area (Å²) in [4.78, 5) is 13.7. The number of anilines is 1. The van der Waals surface area contributed by atoms with Gasteiger partial charge in [0.1, 0.15) is 0 Å². The molecule has 0 spiro atoms. The van der Waals surface area contributed by atoms with E-state index in [2.05, 4.69) is 11.4 Å². The molecule has 0 fully saturated rings. The number of carbonyl (C=O) groups excluding carboxylic acids is 1. The molecule has 1 heterocycles. The molecule has 2 atom stereocenters. The second-order valence-electron chi connectivity index (χ2n) is 5.30. The van der Waals surface area contributed by atoms with E-state index < -0.39 is 0 Å². The van der Waals surface area contributed by atoms with Gasteiger partial charge in [0.05, 0.1) is 12.0 Å². The molecule has 0 aromatic heterocycles. The van der Waals surface area contributed by atoms with Crippen LogP contribution in [0.2, 0.25) is 0 Å². The second-order valence-corrected chi connectivity index (χ2v) is 6.36. The predicted molar refractivity (Wildman–Crippen MR) is 87.3 cm³/mol. The average molecular weight is 298 g/mol. The van der Waals surface area contributed by atoms with Crippen molar-refractivity contribution in [2.45, 2.75) is 23.8 Å². The van der Waals surface area contributed by atoms with Crippen LogP contribution in [0.15, 0.2) is 53.4 Å². The van der Waals surface area contributed by atoms with E-state index in [1.54, 1.807) is 11.8 Å². The summed E-state index contributed by atoms with van der Waals surface area (Å²) in [5.41, 5.74) is 8.68. The molecule has 1 amide bonds. The summed E-state index contributed by atoms with van der Waals surface area (Å²) >= 11 is 1.75. The van der Waals surface area contributed by atoms with Crippen LogP contribution >= 0.6 is 11.8 Å². The number of thioether (sulfide) groups is 1. The number of hydrogen-bond acceptors (Lipinski definition) is 3. The molecule has 1 aliphatic rings. The number of nitrogens with two attached hydrogens (primary N) is 1. The van der Waals surface area contributed by atoms with Crippen molar-refractivity contribution in [2.24, 2.45) is 0 Å². The van der Waals surface area contributed by atoms with E-state index in [4.69, 9.17) is 5.73 Å². The molecule has 3 nitrogen and oxygen atoms in total. The summed E-state index contributed by atoms with van der Waals surface area (Å²) in [6.45, 7) is 1.99. The largest absolute Gasteiger partial charge is 0.399 e. The topological polar surface area (TPSA) is 55.1 Å². The van der Waals surface area contributed by atoms with Gasteiger partial charge in [-0.05, 0) is 36.2 Å². The zero-order valence-corrected chi connectivity index (χ0v) is 12.7. The van der Waals surface area contributed by atoms with E-state index in [9.17, 15) is 4.79 Å². The van der Waals surface area contributed by atoms with E-state index in [0.29, 0.717) is 0 Å². The van der Waals surface area contributed by atoms with Gasteiger partial charge in [0.2, 0.25) is 5.91 Å². The standard InChI is InChI=1S/C17H18N2OS/c1-11(12-5-4-6-13(18)9-12)19-17(20)15-10-21-16-8-3-2-7-14(15)16/h2-9,11,15H,10,18H2,1H3,(H,19,20). The zero-order chi connectivity index (χ0) is 14.8. The van der Waals surface area contributed by atoms with Crippen LogP contribution in [0.5, 0.6) is 0 Å². The number of amides is 1. The first-order chi connectivity index (χ1) is 10.1. The van der Waals surface area contributed by atoms with Crippen LogP contribution in [-0.2, 0) is 4.79 Å². The molecule has 0 saturated heterocycles. The SMILES string of the molecule is CC(NC(=O)C1CSc2ccccc21)c1cccc(N)c1. The number of benzene rings is 2. The van der Waals surface area contributed by atoms with Crippen molar-refractivity contribution in [1.29, 1.82) is 0 Å². The molecule has 0 radical (unpaired) electrons. The first-order valence-corrected chi connectivity index (χ1v) is 8.01. The van der Waals surface area contributed by atoms with Crippen LogP contribution in [0.4, 0.5) is 5.69 Å². The number of rotatable bonds is 3. The minimum Gasteiger partial charge on any atom is -0.399 e. The number of hydrogen-bond donors (Lipinski definition) is 2. The number of carbonyl (C=O) groups is 1. The zero-order valence-electron chi connectivity index (χ0n) is 11.9. The lowest BCUT2D eigenvalue weighted by Gasteiger charge is -2.18. The molecule has 2 aromatic rings. The smallest absolute Gasteiger partial charge is 0.228 e. The monoisotopic (exact) mass is 298 g/mol. The van der Waals surface area contributed by atoms with Crippen molar-refractivity contribution in [3.05, 3.63) is 59.7 Å². The van der Waals surface area contributed by atoms with Gasteiger partial charge in [-0.15, -0.1) is 11.8 Å². The van der Waals surface area contributed by atoms with Gasteiger partial charge < -0.3 is 11.1 Å². The second kappa shape index (κ2) is 5.82. The third-order valence-corrected chi connectivity index (χ3v) is 4.97. The fourth-order valence-corrected chi connectivity index (χ4v) is 3.83. The Morgan fingerprint density at radius 3 is 2.90 bits per heavy atom. The molecule has 2 aromatic carbocycles. The maximum absolute atomic E-state index is 12.5. The Hall–Kier alpha value is -1.94.